The van der Waals surface area contributed by atoms with Crippen LogP contribution in [0.3, 0.4) is 0 Å². The van der Waals surface area contributed by atoms with Crippen LogP contribution in [-0.4, -0.2) is 37.7 Å². The number of anilines is 1. The van der Waals surface area contributed by atoms with Gasteiger partial charge in [-0.15, -0.1) is 16.9 Å². The third kappa shape index (κ3) is 4.20. The average molecular weight is 278 g/mol. The number of rotatable bonds is 6. The van der Waals surface area contributed by atoms with Crippen molar-refractivity contribution in [3.8, 4) is 0 Å². The summed E-state index contributed by atoms with van der Waals surface area (Å²) in [7, 11) is 0. The van der Waals surface area contributed by atoms with Crippen molar-refractivity contribution in [3.05, 3.63) is 23.8 Å². The van der Waals surface area contributed by atoms with Gasteiger partial charge in [-0.3, -0.25) is 0 Å². The fraction of sp³-hybridized carbons (Fsp3) is 0.500. The molecule has 0 fully saturated rings. The summed E-state index contributed by atoms with van der Waals surface area (Å²) in [6.45, 7) is 7.00. The van der Waals surface area contributed by atoms with Gasteiger partial charge in [-0.2, -0.15) is 10.3 Å². The molecule has 0 saturated carbocycles. The van der Waals surface area contributed by atoms with E-state index in [-0.39, 0.29) is 0 Å². The fourth-order valence-electron chi connectivity index (χ4n) is 1.57. The maximum atomic E-state index is 4.42. The molecule has 0 amide bonds. The summed E-state index contributed by atoms with van der Waals surface area (Å²) >= 11 is 1.65. The third-order valence-corrected chi connectivity index (χ3v) is 3.40. The summed E-state index contributed by atoms with van der Waals surface area (Å²) in [6, 6.07) is 2.01. The number of aryl methyl sites for hydroxylation is 1. The molecule has 0 aliphatic carbocycles. The van der Waals surface area contributed by atoms with Crippen molar-refractivity contribution in [2.45, 2.75) is 31.7 Å². The Balaban J connectivity index is 1.85. The van der Waals surface area contributed by atoms with E-state index in [1.807, 2.05) is 13.0 Å². The summed E-state index contributed by atoms with van der Waals surface area (Å²) < 4.78 is 0. The van der Waals surface area contributed by atoms with Crippen molar-refractivity contribution in [2.24, 2.45) is 0 Å². The van der Waals surface area contributed by atoms with E-state index in [0.29, 0.717) is 5.92 Å². The van der Waals surface area contributed by atoms with E-state index >= 15 is 0 Å². The van der Waals surface area contributed by atoms with Gasteiger partial charge in [-0.25, -0.2) is 9.97 Å². The largest absolute Gasteiger partial charge is 0.369 e. The summed E-state index contributed by atoms with van der Waals surface area (Å²) in [4.78, 5) is 8.81. The van der Waals surface area contributed by atoms with Crippen LogP contribution in [0.15, 0.2) is 17.3 Å². The second kappa shape index (κ2) is 6.51. The van der Waals surface area contributed by atoms with Crippen molar-refractivity contribution in [2.75, 3.05) is 17.6 Å². The molecule has 2 rings (SSSR count). The normalized spacial score (nSPS) is 10.9. The Morgan fingerprint density at radius 3 is 2.89 bits per heavy atom. The lowest BCUT2D eigenvalue weighted by atomic mass is 10.1. The van der Waals surface area contributed by atoms with Crippen molar-refractivity contribution >= 4 is 17.6 Å². The van der Waals surface area contributed by atoms with Crippen LogP contribution in [0.1, 0.15) is 31.3 Å². The van der Waals surface area contributed by atoms with Gasteiger partial charge < -0.3 is 5.32 Å². The predicted molar refractivity (Wildman–Crippen MR) is 76.5 cm³/mol. The maximum absolute atomic E-state index is 4.42. The lowest BCUT2D eigenvalue weighted by Gasteiger charge is -2.10. The van der Waals surface area contributed by atoms with Crippen LogP contribution in [0, 0.1) is 6.92 Å². The van der Waals surface area contributed by atoms with E-state index in [0.717, 1.165) is 34.7 Å². The van der Waals surface area contributed by atoms with Gasteiger partial charge in [0.15, 0.2) is 0 Å². The first-order chi connectivity index (χ1) is 9.15. The zero-order valence-corrected chi connectivity index (χ0v) is 12.2. The van der Waals surface area contributed by atoms with E-state index < -0.39 is 0 Å². The lowest BCUT2D eigenvalue weighted by molar-refractivity contribution is 0.802. The van der Waals surface area contributed by atoms with Gasteiger partial charge in [-0.05, 0) is 12.8 Å². The van der Waals surface area contributed by atoms with Gasteiger partial charge in [0.25, 0.3) is 0 Å². The number of thioether (sulfide) groups is 1. The van der Waals surface area contributed by atoms with Gasteiger partial charge in [-0.1, -0.05) is 13.8 Å². The van der Waals surface area contributed by atoms with Gasteiger partial charge in [0.1, 0.15) is 16.7 Å². The highest BCUT2D eigenvalue weighted by molar-refractivity contribution is 7.99. The van der Waals surface area contributed by atoms with Crippen LogP contribution in [0.5, 0.6) is 0 Å². The van der Waals surface area contributed by atoms with Gasteiger partial charge >= 0.3 is 0 Å². The standard InChI is InChI=1S/C12H18N6S/c1-8(2)10-6-11(16-9(3)15-10)13-4-5-19-12-7-14-18-17-12/h6-8H,4-5H2,1-3H3,(H,13,15,16)(H,14,17,18). The molecule has 0 bridgehead atoms. The highest BCUT2D eigenvalue weighted by atomic mass is 32.2. The first kappa shape index (κ1) is 13.8. The SMILES string of the molecule is Cc1nc(NCCSc2cn[nH]n2)cc(C(C)C)n1. The molecule has 2 heterocycles. The monoisotopic (exact) mass is 278 g/mol. The molecule has 7 heteroatoms. The molecule has 0 saturated heterocycles. The Morgan fingerprint density at radius 1 is 1.37 bits per heavy atom. The molecule has 0 aliphatic rings. The van der Waals surface area contributed by atoms with E-state index in [2.05, 4.69) is 44.5 Å². The molecule has 0 unspecified atom stereocenters. The number of hydrogen-bond donors (Lipinski definition) is 2. The third-order valence-electron chi connectivity index (χ3n) is 2.50. The smallest absolute Gasteiger partial charge is 0.138 e. The molecule has 0 aliphatic heterocycles. The van der Waals surface area contributed by atoms with Gasteiger partial charge in [0.05, 0.1) is 6.20 Å². The Labute approximate surface area is 116 Å². The van der Waals surface area contributed by atoms with Crippen LogP contribution >= 0.6 is 11.8 Å². The minimum atomic E-state index is 0.409. The molecular weight excluding hydrogens is 260 g/mol. The summed E-state index contributed by atoms with van der Waals surface area (Å²) in [5.74, 6) is 3.01. The molecule has 19 heavy (non-hydrogen) atoms. The maximum Gasteiger partial charge on any atom is 0.138 e. The zero-order chi connectivity index (χ0) is 13.7. The zero-order valence-electron chi connectivity index (χ0n) is 11.3. The van der Waals surface area contributed by atoms with Crippen molar-refractivity contribution in [1.82, 2.24) is 25.4 Å². The minimum absolute atomic E-state index is 0.409. The number of nitrogens with zero attached hydrogens (tertiary/aromatic N) is 4. The van der Waals surface area contributed by atoms with E-state index in [1.165, 1.54) is 0 Å². The van der Waals surface area contributed by atoms with Crippen LogP contribution in [-0.2, 0) is 0 Å². The Bertz CT molecular complexity index is 511. The first-order valence-corrected chi connectivity index (χ1v) is 7.21. The number of H-pyrrole nitrogens is 1. The molecule has 0 radical (unpaired) electrons. The molecule has 2 aromatic heterocycles. The fourth-order valence-corrected chi connectivity index (χ4v) is 2.22. The predicted octanol–water partition coefficient (Wildman–Crippen LogP) is 2.23. The molecule has 102 valence electrons. The molecular formula is C12H18N6S. The van der Waals surface area contributed by atoms with Crippen molar-refractivity contribution in [3.63, 3.8) is 0 Å². The number of nitrogens with one attached hydrogen (secondary N) is 2. The molecule has 6 nitrogen and oxygen atoms in total. The van der Waals surface area contributed by atoms with Crippen molar-refractivity contribution in [1.29, 1.82) is 0 Å². The molecule has 0 aromatic carbocycles. The second-order valence-corrected chi connectivity index (χ2v) is 5.58. The van der Waals surface area contributed by atoms with Crippen LogP contribution in [0.4, 0.5) is 5.82 Å². The minimum Gasteiger partial charge on any atom is -0.369 e. The molecule has 2 N–H and O–H groups in total. The summed E-state index contributed by atoms with van der Waals surface area (Å²) in [6.07, 6.45) is 1.72. The Hall–Kier alpha value is -1.63. The van der Waals surface area contributed by atoms with Gasteiger partial charge in [0, 0.05) is 24.1 Å². The van der Waals surface area contributed by atoms with Crippen LogP contribution in [0.2, 0.25) is 0 Å². The van der Waals surface area contributed by atoms with Crippen LogP contribution in [0.25, 0.3) is 0 Å². The second-order valence-electron chi connectivity index (χ2n) is 4.46. The Morgan fingerprint density at radius 2 is 2.21 bits per heavy atom. The Kier molecular flexibility index (Phi) is 4.73. The lowest BCUT2D eigenvalue weighted by Crippen LogP contribution is -2.08. The molecule has 0 spiro atoms. The topological polar surface area (TPSA) is 79.4 Å². The average Bonchev–Trinajstić information content (AvgIpc) is 2.87. The number of aromatic nitrogens is 5. The number of aromatic amines is 1. The first-order valence-electron chi connectivity index (χ1n) is 6.23. The van der Waals surface area contributed by atoms with E-state index in [4.69, 9.17) is 0 Å². The van der Waals surface area contributed by atoms with Gasteiger partial charge in [0.2, 0.25) is 0 Å². The van der Waals surface area contributed by atoms with E-state index in [1.54, 1.807) is 18.0 Å². The molecule has 0 atom stereocenters. The van der Waals surface area contributed by atoms with E-state index in [9.17, 15) is 0 Å². The number of hydrogen-bond acceptors (Lipinski definition) is 6. The molecule has 2 aromatic rings. The summed E-state index contributed by atoms with van der Waals surface area (Å²) in [5.41, 5.74) is 1.07. The highest BCUT2D eigenvalue weighted by Gasteiger charge is 2.05. The highest BCUT2D eigenvalue weighted by Crippen LogP contribution is 2.16. The summed E-state index contributed by atoms with van der Waals surface area (Å²) in [5, 5.41) is 14.6. The quantitative estimate of drug-likeness (QED) is 0.623. The van der Waals surface area contributed by atoms with Crippen LogP contribution < -0.4 is 5.32 Å². The van der Waals surface area contributed by atoms with Crippen molar-refractivity contribution < 1.29 is 0 Å².